The van der Waals surface area contributed by atoms with E-state index in [2.05, 4.69) is 37.5 Å². The maximum atomic E-state index is 3.79. The van der Waals surface area contributed by atoms with Gasteiger partial charge in [0.05, 0.1) is 4.21 Å². The molecule has 0 aromatic carbocycles. The fourth-order valence-corrected chi connectivity index (χ4v) is 5.00. The van der Waals surface area contributed by atoms with Crippen LogP contribution in [0, 0.1) is 5.92 Å². The third kappa shape index (κ3) is 3.27. The Labute approximate surface area is 113 Å². The average molecular weight is 269 g/mol. The average Bonchev–Trinajstić information content (AvgIpc) is 2.78. The number of nitrogens with one attached hydrogen (secondary N) is 1. The molecule has 3 heteroatoms. The highest BCUT2D eigenvalue weighted by Crippen LogP contribution is 2.43. The van der Waals surface area contributed by atoms with Gasteiger partial charge in [-0.05, 0) is 35.9 Å². The number of thioether (sulfide) groups is 1. The highest BCUT2D eigenvalue weighted by atomic mass is 32.2. The van der Waals surface area contributed by atoms with Crippen LogP contribution in [0.5, 0.6) is 0 Å². The molecule has 0 saturated heterocycles. The predicted octanol–water partition coefficient (Wildman–Crippen LogP) is 4.70. The largest absolute Gasteiger partial charge is 0.310 e. The van der Waals surface area contributed by atoms with Crippen LogP contribution in [0.1, 0.15) is 51.6 Å². The zero-order valence-electron chi connectivity index (χ0n) is 11.0. The van der Waals surface area contributed by atoms with Crippen LogP contribution in [0.3, 0.4) is 0 Å². The number of rotatable bonds is 5. The summed E-state index contributed by atoms with van der Waals surface area (Å²) in [6, 6.07) is 2.90. The van der Waals surface area contributed by atoms with E-state index in [4.69, 9.17) is 0 Å². The molecule has 2 heterocycles. The Hall–Kier alpha value is 0.0100. The zero-order valence-corrected chi connectivity index (χ0v) is 12.7. The van der Waals surface area contributed by atoms with Gasteiger partial charge in [-0.25, -0.2) is 0 Å². The minimum Gasteiger partial charge on any atom is -0.310 e. The van der Waals surface area contributed by atoms with Crippen LogP contribution in [0.15, 0.2) is 15.7 Å². The molecule has 0 amide bonds. The second kappa shape index (κ2) is 6.26. The molecule has 0 saturated carbocycles. The second-order valence-electron chi connectivity index (χ2n) is 4.97. The molecule has 17 heavy (non-hydrogen) atoms. The van der Waals surface area contributed by atoms with Gasteiger partial charge in [-0.3, -0.25) is 0 Å². The summed E-state index contributed by atoms with van der Waals surface area (Å²) < 4.78 is 1.53. The highest BCUT2D eigenvalue weighted by Gasteiger charge is 2.26. The molecular weight excluding hydrogens is 246 g/mol. The Morgan fingerprint density at radius 3 is 2.88 bits per heavy atom. The van der Waals surface area contributed by atoms with Crippen LogP contribution in [-0.2, 0) is 0 Å². The van der Waals surface area contributed by atoms with Gasteiger partial charge >= 0.3 is 0 Å². The van der Waals surface area contributed by atoms with Gasteiger partial charge in [-0.1, -0.05) is 33.6 Å². The smallest absolute Gasteiger partial charge is 0.0649 e. The molecule has 2 rings (SSSR count). The summed E-state index contributed by atoms with van der Waals surface area (Å²) in [4.78, 5) is 0. The van der Waals surface area contributed by atoms with Crippen LogP contribution in [0.2, 0.25) is 0 Å². The molecule has 0 spiro atoms. The van der Waals surface area contributed by atoms with Gasteiger partial charge in [-0.2, -0.15) is 0 Å². The number of hydrogen-bond acceptors (Lipinski definition) is 3. The Balaban J connectivity index is 1.98. The van der Waals surface area contributed by atoms with Gasteiger partial charge in [0.1, 0.15) is 0 Å². The number of thiophene rings is 1. The molecule has 1 aromatic heterocycles. The van der Waals surface area contributed by atoms with E-state index in [9.17, 15) is 0 Å². The van der Waals surface area contributed by atoms with Crippen LogP contribution < -0.4 is 5.32 Å². The van der Waals surface area contributed by atoms with Crippen molar-refractivity contribution in [2.75, 3.05) is 6.54 Å². The number of fused-ring (bicyclic) bond motifs is 1. The molecule has 2 atom stereocenters. The summed E-state index contributed by atoms with van der Waals surface area (Å²) in [6.07, 6.45) is 3.85. The summed E-state index contributed by atoms with van der Waals surface area (Å²) >= 11 is 3.95. The molecule has 1 aromatic rings. The lowest BCUT2D eigenvalue weighted by Gasteiger charge is -2.29. The van der Waals surface area contributed by atoms with Crippen molar-refractivity contribution in [3.63, 3.8) is 0 Å². The lowest BCUT2D eigenvalue weighted by molar-refractivity contribution is 0.396. The SMILES string of the molecule is CCC(CC)CNC1C[C@H](C)Sc2sccc21. The zero-order chi connectivity index (χ0) is 12.3. The summed E-state index contributed by atoms with van der Waals surface area (Å²) in [5.41, 5.74) is 1.55. The fraction of sp³-hybridized carbons (Fsp3) is 0.714. The van der Waals surface area contributed by atoms with Crippen LogP contribution >= 0.6 is 23.1 Å². The maximum Gasteiger partial charge on any atom is 0.0649 e. The van der Waals surface area contributed by atoms with Gasteiger partial charge in [0.25, 0.3) is 0 Å². The van der Waals surface area contributed by atoms with Gasteiger partial charge < -0.3 is 5.32 Å². The first kappa shape index (κ1) is 13.4. The van der Waals surface area contributed by atoms with Crippen molar-refractivity contribution in [2.45, 2.75) is 55.5 Å². The van der Waals surface area contributed by atoms with E-state index in [-0.39, 0.29) is 0 Å². The summed E-state index contributed by atoms with van der Waals surface area (Å²) in [5.74, 6) is 0.835. The summed E-state index contributed by atoms with van der Waals surface area (Å²) in [7, 11) is 0. The molecule has 0 fully saturated rings. The highest BCUT2D eigenvalue weighted by molar-refractivity contribution is 8.01. The molecule has 1 nitrogen and oxygen atoms in total. The summed E-state index contributed by atoms with van der Waals surface area (Å²) in [5, 5.41) is 6.78. The van der Waals surface area contributed by atoms with Crippen molar-refractivity contribution in [3.05, 3.63) is 17.0 Å². The first-order valence-corrected chi connectivity index (χ1v) is 8.47. The van der Waals surface area contributed by atoms with Crippen molar-refractivity contribution in [3.8, 4) is 0 Å². The number of hydrogen-bond donors (Lipinski definition) is 1. The Bertz CT molecular complexity index is 344. The third-order valence-corrected chi connectivity index (χ3v) is 6.06. The second-order valence-corrected chi connectivity index (χ2v) is 7.59. The lowest BCUT2D eigenvalue weighted by atomic mass is 10.0. The lowest BCUT2D eigenvalue weighted by Crippen LogP contribution is -2.30. The van der Waals surface area contributed by atoms with Gasteiger partial charge in [0.15, 0.2) is 0 Å². The molecule has 1 aliphatic rings. The maximum absolute atomic E-state index is 3.79. The van der Waals surface area contributed by atoms with Crippen molar-refractivity contribution >= 4 is 23.1 Å². The molecule has 0 radical (unpaired) electrons. The van der Waals surface area contributed by atoms with E-state index in [1.54, 1.807) is 5.56 Å². The standard InChI is InChI=1S/C14H23NS2/c1-4-11(5-2)9-15-13-8-10(3)17-14-12(13)6-7-16-14/h6-7,10-11,13,15H,4-5,8-9H2,1-3H3/t10-,13?/m0/s1. The van der Waals surface area contributed by atoms with Crippen molar-refractivity contribution in [1.29, 1.82) is 0 Å². The third-order valence-electron chi connectivity index (χ3n) is 3.72. The fourth-order valence-electron chi connectivity index (χ4n) is 2.43. The molecular formula is C14H23NS2. The van der Waals surface area contributed by atoms with Crippen molar-refractivity contribution in [2.24, 2.45) is 5.92 Å². The minimum absolute atomic E-state index is 0.591. The molecule has 1 N–H and O–H groups in total. The predicted molar refractivity (Wildman–Crippen MR) is 79.1 cm³/mol. The van der Waals surface area contributed by atoms with Gasteiger partial charge in [0.2, 0.25) is 0 Å². The van der Waals surface area contributed by atoms with Crippen molar-refractivity contribution < 1.29 is 0 Å². The Morgan fingerprint density at radius 2 is 2.18 bits per heavy atom. The van der Waals surface area contributed by atoms with E-state index < -0.39 is 0 Å². The first-order chi connectivity index (χ1) is 8.24. The molecule has 0 bridgehead atoms. The normalized spacial score (nSPS) is 24.0. The van der Waals surface area contributed by atoms with Crippen LogP contribution in [-0.4, -0.2) is 11.8 Å². The van der Waals surface area contributed by atoms with E-state index in [1.165, 1.54) is 30.0 Å². The Morgan fingerprint density at radius 1 is 1.41 bits per heavy atom. The molecule has 96 valence electrons. The van der Waals surface area contributed by atoms with Crippen LogP contribution in [0.4, 0.5) is 0 Å². The first-order valence-electron chi connectivity index (χ1n) is 6.72. The van der Waals surface area contributed by atoms with Crippen LogP contribution in [0.25, 0.3) is 0 Å². The molecule has 0 aliphatic carbocycles. The van der Waals surface area contributed by atoms with E-state index in [0.29, 0.717) is 6.04 Å². The van der Waals surface area contributed by atoms with E-state index >= 15 is 0 Å². The monoisotopic (exact) mass is 269 g/mol. The van der Waals surface area contributed by atoms with E-state index in [1.807, 2.05) is 23.1 Å². The molecule has 1 aliphatic heterocycles. The van der Waals surface area contributed by atoms with Crippen molar-refractivity contribution in [1.82, 2.24) is 5.32 Å². The van der Waals surface area contributed by atoms with E-state index in [0.717, 1.165) is 11.2 Å². The topological polar surface area (TPSA) is 12.0 Å². The summed E-state index contributed by atoms with van der Waals surface area (Å²) in [6.45, 7) is 8.11. The minimum atomic E-state index is 0.591. The van der Waals surface area contributed by atoms with Gasteiger partial charge in [0, 0.05) is 11.3 Å². The van der Waals surface area contributed by atoms with Gasteiger partial charge in [-0.15, -0.1) is 23.1 Å². The molecule has 1 unspecified atom stereocenters. The Kier molecular flexibility index (Phi) is 4.95. The quantitative estimate of drug-likeness (QED) is 0.831.